The molecule has 1 atom stereocenters. The third-order valence-electron chi connectivity index (χ3n) is 2.82. The van der Waals surface area contributed by atoms with Gasteiger partial charge < -0.3 is 5.32 Å². The average Bonchev–Trinajstić information content (AvgIpc) is 2.74. The van der Waals surface area contributed by atoms with E-state index in [1.54, 1.807) is 11.3 Å². The molecule has 0 aliphatic rings. The smallest absolute Gasteiger partial charge is 0.0843 e. The topological polar surface area (TPSA) is 12.0 Å². The highest BCUT2D eigenvalue weighted by Crippen LogP contribution is 2.39. The minimum atomic E-state index is 0.135. The van der Waals surface area contributed by atoms with E-state index in [2.05, 4.69) is 66.1 Å². The van der Waals surface area contributed by atoms with Crippen molar-refractivity contribution < 1.29 is 0 Å². The molecule has 1 aromatic heterocycles. The summed E-state index contributed by atoms with van der Waals surface area (Å²) in [6, 6.07) is 8.19. The fourth-order valence-corrected chi connectivity index (χ4v) is 4.73. The Morgan fingerprint density at radius 3 is 2.55 bits per heavy atom. The highest BCUT2D eigenvalue weighted by molar-refractivity contribution is 9.13. The molecule has 1 unspecified atom stereocenters. The van der Waals surface area contributed by atoms with Crippen LogP contribution in [0.2, 0.25) is 5.02 Å². The van der Waals surface area contributed by atoms with E-state index in [1.807, 2.05) is 18.2 Å². The predicted molar refractivity (Wildman–Crippen MR) is 99.0 cm³/mol. The van der Waals surface area contributed by atoms with Crippen LogP contribution in [0.1, 0.15) is 29.8 Å². The van der Waals surface area contributed by atoms with E-state index >= 15 is 0 Å². The molecule has 1 aromatic carbocycles. The maximum Gasteiger partial charge on any atom is 0.0843 e. The van der Waals surface area contributed by atoms with Gasteiger partial charge in [0, 0.05) is 18.8 Å². The van der Waals surface area contributed by atoms with Crippen LogP contribution in [-0.4, -0.2) is 6.54 Å². The summed E-state index contributed by atoms with van der Waals surface area (Å²) >= 11 is 18.6. The molecule has 108 valence electrons. The quantitative estimate of drug-likeness (QED) is 0.476. The van der Waals surface area contributed by atoms with Crippen molar-refractivity contribution in [3.8, 4) is 0 Å². The number of thiophene rings is 1. The maximum absolute atomic E-state index is 6.16. The van der Waals surface area contributed by atoms with Crippen LogP contribution in [0.4, 0.5) is 0 Å². The van der Waals surface area contributed by atoms with Crippen LogP contribution in [0, 0.1) is 0 Å². The van der Waals surface area contributed by atoms with Gasteiger partial charge in [-0.2, -0.15) is 0 Å². The third-order valence-corrected chi connectivity index (χ3v) is 7.09. The van der Waals surface area contributed by atoms with Gasteiger partial charge in [-0.25, -0.2) is 0 Å². The molecule has 6 heteroatoms. The van der Waals surface area contributed by atoms with Gasteiger partial charge in [-0.15, -0.1) is 11.3 Å². The van der Waals surface area contributed by atoms with Crippen LogP contribution >= 0.6 is 70.7 Å². The molecule has 20 heavy (non-hydrogen) atoms. The summed E-state index contributed by atoms with van der Waals surface area (Å²) in [7, 11) is 0. The number of benzene rings is 1. The zero-order valence-corrected chi connectivity index (χ0v) is 17.1. The number of rotatable bonds is 5. The second-order valence-electron chi connectivity index (χ2n) is 4.32. The summed E-state index contributed by atoms with van der Waals surface area (Å²) in [6.45, 7) is 3.12. The van der Waals surface area contributed by atoms with Gasteiger partial charge in [-0.3, -0.25) is 0 Å². The van der Waals surface area contributed by atoms with E-state index in [0.29, 0.717) is 0 Å². The van der Waals surface area contributed by atoms with E-state index in [4.69, 9.17) is 11.6 Å². The van der Waals surface area contributed by atoms with Crippen molar-refractivity contribution in [3.05, 3.63) is 52.5 Å². The SMILES string of the molecule is CCCNC(c1cc(Br)c(Br)s1)c1cc(Cl)ccc1Br. The summed E-state index contributed by atoms with van der Waals surface area (Å²) in [5.41, 5.74) is 1.16. The molecule has 0 saturated carbocycles. The van der Waals surface area contributed by atoms with Crippen molar-refractivity contribution in [2.45, 2.75) is 19.4 Å². The van der Waals surface area contributed by atoms with Crippen molar-refractivity contribution in [2.24, 2.45) is 0 Å². The van der Waals surface area contributed by atoms with Crippen molar-refractivity contribution in [1.29, 1.82) is 0 Å². The Labute approximate surface area is 153 Å². The lowest BCUT2D eigenvalue weighted by molar-refractivity contribution is 0.604. The molecular weight excluding hydrogens is 489 g/mol. The summed E-state index contributed by atoms with van der Waals surface area (Å²) in [4.78, 5) is 1.25. The maximum atomic E-state index is 6.16. The number of hydrogen-bond donors (Lipinski definition) is 1. The molecule has 0 bridgehead atoms. The number of halogens is 4. The largest absolute Gasteiger partial charge is 0.306 e. The fraction of sp³-hybridized carbons (Fsp3) is 0.286. The molecular formula is C14H13Br3ClNS. The molecule has 0 radical (unpaired) electrons. The van der Waals surface area contributed by atoms with Crippen molar-refractivity contribution in [1.82, 2.24) is 5.32 Å². The van der Waals surface area contributed by atoms with Crippen LogP contribution in [0.15, 0.2) is 37.0 Å². The molecule has 0 saturated heterocycles. The van der Waals surface area contributed by atoms with Gasteiger partial charge >= 0.3 is 0 Å². The zero-order valence-electron chi connectivity index (χ0n) is 10.7. The Morgan fingerprint density at radius 2 is 1.95 bits per heavy atom. The molecule has 1 heterocycles. The molecule has 1 N–H and O–H groups in total. The Morgan fingerprint density at radius 1 is 1.20 bits per heavy atom. The highest BCUT2D eigenvalue weighted by atomic mass is 79.9. The standard InChI is InChI=1S/C14H13Br3ClNS/c1-2-5-19-13(12-7-11(16)14(17)20-12)9-6-8(18)3-4-10(9)15/h3-4,6-7,13,19H,2,5H2,1H3. The van der Waals surface area contributed by atoms with Gasteiger partial charge in [0.15, 0.2) is 0 Å². The van der Waals surface area contributed by atoms with Crippen LogP contribution in [0.25, 0.3) is 0 Å². The molecule has 0 spiro atoms. The van der Waals surface area contributed by atoms with Crippen LogP contribution in [-0.2, 0) is 0 Å². The first kappa shape index (κ1) is 17.0. The third kappa shape index (κ3) is 4.08. The van der Waals surface area contributed by atoms with Crippen molar-refractivity contribution >= 4 is 70.7 Å². The van der Waals surface area contributed by atoms with Crippen molar-refractivity contribution in [3.63, 3.8) is 0 Å². The molecule has 0 fully saturated rings. The lowest BCUT2D eigenvalue weighted by atomic mass is 10.1. The summed E-state index contributed by atoms with van der Waals surface area (Å²) < 4.78 is 3.25. The summed E-state index contributed by atoms with van der Waals surface area (Å²) in [6.07, 6.45) is 1.09. The van der Waals surface area contributed by atoms with Gasteiger partial charge in [0.2, 0.25) is 0 Å². The summed E-state index contributed by atoms with van der Waals surface area (Å²) in [5.74, 6) is 0. The Hall–Kier alpha value is 0.610. The van der Waals surface area contributed by atoms with E-state index in [1.165, 1.54) is 4.88 Å². The average molecular weight is 502 g/mol. The van der Waals surface area contributed by atoms with E-state index in [9.17, 15) is 0 Å². The number of hydrogen-bond acceptors (Lipinski definition) is 2. The Kier molecular flexibility index (Phi) is 6.57. The van der Waals surface area contributed by atoms with Gasteiger partial charge in [0.05, 0.1) is 9.83 Å². The Bertz CT molecular complexity index is 581. The second-order valence-corrected chi connectivity index (χ2v) is 8.87. The second kappa shape index (κ2) is 7.75. The first-order valence-corrected chi connectivity index (χ1v) is 9.73. The first-order chi connectivity index (χ1) is 9.52. The lowest BCUT2D eigenvalue weighted by Crippen LogP contribution is -2.22. The van der Waals surface area contributed by atoms with Gasteiger partial charge in [0.1, 0.15) is 0 Å². The molecule has 0 amide bonds. The van der Waals surface area contributed by atoms with E-state index in [0.717, 1.165) is 36.3 Å². The fourth-order valence-electron chi connectivity index (χ4n) is 1.89. The molecule has 0 aliphatic heterocycles. The molecule has 2 rings (SSSR count). The predicted octanol–water partition coefficient (Wildman–Crippen LogP) is 6.78. The van der Waals surface area contributed by atoms with Gasteiger partial charge in [-0.05, 0) is 74.7 Å². The molecule has 2 aromatic rings. The van der Waals surface area contributed by atoms with Crippen LogP contribution < -0.4 is 5.32 Å². The highest BCUT2D eigenvalue weighted by Gasteiger charge is 2.20. The van der Waals surface area contributed by atoms with Crippen molar-refractivity contribution in [2.75, 3.05) is 6.54 Å². The minimum absolute atomic E-state index is 0.135. The first-order valence-electron chi connectivity index (χ1n) is 6.16. The van der Waals surface area contributed by atoms with Gasteiger partial charge in [0.25, 0.3) is 0 Å². The minimum Gasteiger partial charge on any atom is -0.306 e. The zero-order chi connectivity index (χ0) is 14.7. The normalized spacial score (nSPS) is 12.7. The lowest BCUT2D eigenvalue weighted by Gasteiger charge is -2.19. The number of nitrogens with one attached hydrogen (secondary N) is 1. The molecule has 1 nitrogen and oxygen atoms in total. The van der Waals surface area contributed by atoms with Gasteiger partial charge in [-0.1, -0.05) is 34.5 Å². The van der Waals surface area contributed by atoms with E-state index < -0.39 is 0 Å². The Balaban J connectivity index is 2.43. The van der Waals surface area contributed by atoms with Crippen LogP contribution in [0.3, 0.4) is 0 Å². The molecule has 0 aliphatic carbocycles. The monoisotopic (exact) mass is 499 g/mol. The van der Waals surface area contributed by atoms with E-state index in [-0.39, 0.29) is 6.04 Å². The summed E-state index contributed by atoms with van der Waals surface area (Å²) in [5, 5.41) is 4.34. The van der Waals surface area contributed by atoms with Crippen LogP contribution in [0.5, 0.6) is 0 Å².